The molecule has 0 aliphatic rings. The maximum atomic E-state index is 15.4. The lowest BCUT2D eigenvalue weighted by Gasteiger charge is -2.44. The minimum absolute atomic E-state index is 0.0403. The number of carbonyl (C=O) groups is 1. The molecule has 0 bridgehead atoms. The Hall–Kier alpha value is -5.43. The van der Waals surface area contributed by atoms with Crippen molar-refractivity contribution in [3.05, 3.63) is 152 Å². The molecule has 5 aromatic rings. The molecular formula is C35H12BF23OS. The molecule has 1 nitrogen and oxygen atoms in total. The lowest BCUT2D eigenvalue weighted by atomic mass is 9.12. The van der Waals surface area contributed by atoms with Crippen molar-refractivity contribution >= 4 is 44.7 Å². The molecule has 0 N–H and O–H groups in total. The third kappa shape index (κ3) is 7.86. The topological polar surface area (TPSA) is 17.1 Å². The van der Waals surface area contributed by atoms with Crippen molar-refractivity contribution in [1.29, 1.82) is 0 Å². The quantitative estimate of drug-likeness (QED) is 0.0400. The van der Waals surface area contributed by atoms with Crippen LogP contribution in [-0.2, 0) is 17.1 Å². The first kappa shape index (κ1) is 48.2. The van der Waals surface area contributed by atoms with E-state index in [1.165, 1.54) is 12.1 Å². The van der Waals surface area contributed by atoms with E-state index in [9.17, 15) is 70.7 Å². The van der Waals surface area contributed by atoms with Crippen LogP contribution >= 0.6 is 0 Å². The van der Waals surface area contributed by atoms with Gasteiger partial charge in [0.1, 0.15) is 52.7 Å². The molecule has 0 aliphatic carbocycles. The molecule has 0 amide bonds. The summed E-state index contributed by atoms with van der Waals surface area (Å²) < 4.78 is 331. The molecule has 0 aliphatic heterocycles. The minimum Gasteiger partial charge on any atom is -0.289 e. The van der Waals surface area contributed by atoms with Crippen LogP contribution in [-0.4, -0.2) is 30.2 Å². The molecule has 0 saturated carbocycles. The van der Waals surface area contributed by atoms with Crippen LogP contribution in [0.25, 0.3) is 0 Å². The summed E-state index contributed by atoms with van der Waals surface area (Å²) in [5, 5.41) is 0. The van der Waals surface area contributed by atoms with Crippen LogP contribution < -0.4 is 21.9 Å². The molecule has 61 heavy (non-hydrogen) atoms. The van der Waals surface area contributed by atoms with E-state index in [1.54, 1.807) is 0 Å². The van der Waals surface area contributed by atoms with Crippen LogP contribution in [0.5, 0.6) is 0 Å². The van der Waals surface area contributed by atoms with Gasteiger partial charge in [0.2, 0.25) is 5.78 Å². The average molecular weight is 928 g/mol. The van der Waals surface area contributed by atoms with Gasteiger partial charge in [-0.25, -0.2) is 87.8 Å². The van der Waals surface area contributed by atoms with Crippen LogP contribution in [0.4, 0.5) is 101 Å². The Bertz CT molecular complexity index is 2210. The van der Waals surface area contributed by atoms with E-state index in [4.69, 9.17) is 0 Å². The van der Waals surface area contributed by atoms with Crippen LogP contribution in [0.15, 0.2) is 24.3 Å². The highest BCUT2D eigenvalue weighted by atomic mass is 32.2. The summed E-state index contributed by atoms with van der Waals surface area (Å²) in [5.41, 5.74) is -14.7. The Labute approximate surface area is 326 Å². The van der Waals surface area contributed by atoms with Gasteiger partial charge in [-0.05, 0) is 23.0 Å². The van der Waals surface area contributed by atoms with Gasteiger partial charge in [-0.15, -0.1) is 21.9 Å². The highest BCUT2D eigenvalue weighted by molar-refractivity contribution is 7.96. The summed E-state index contributed by atoms with van der Waals surface area (Å²) in [6, 6.07) is 4.35. The lowest BCUT2D eigenvalue weighted by Crippen LogP contribution is -2.81. The third-order valence-corrected chi connectivity index (χ3v) is 9.50. The van der Waals surface area contributed by atoms with E-state index in [-0.39, 0.29) is 16.7 Å². The first-order valence-electron chi connectivity index (χ1n) is 15.5. The van der Waals surface area contributed by atoms with Crippen molar-refractivity contribution in [2.24, 2.45) is 0 Å². The Kier molecular flexibility index (Phi) is 13.6. The van der Waals surface area contributed by atoms with Crippen molar-refractivity contribution in [2.45, 2.75) is 6.18 Å². The smallest absolute Gasteiger partial charge is 0.289 e. The van der Waals surface area contributed by atoms with E-state index in [1.807, 2.05) is 12.5 Å². The van der Waals surface area contributed by atoms with Gasteiger partial charge in [0.25, 0.3) is 0 Å². The number of alkyl halides is 3. The Morgan fingerprint density at radius 2 is 0.590 bits per heavy atom. The van der Waals surface area contributed by atoms with Crippen LogP contribution in [0.3, 0.4) is 0 Å². The first-order chi connectivity index (χ1) is 28.0. The van der Waals surface area contributed by atoms with Crippen molar-refractivity contribution in [1.82, 2.24) is 0 Å². The Morgan fingerprint density at radius 3 is 0.770 bits per heavy atom. The number of benzene rings is 5. The van der Waals surface area contributed by atoms with E-state index in [2.05, 4.69) is 0 Å². The molecule has 0 spiro atoms. The highest BCUT2D eigenvalue weighted by Crippen LogP contribution is 2.32. The van der Waals surface area contributed by atoms with Gasteiger partial charge in [0, 0.05) is 5.56 Å². The lowest BCUT2D eigenvalue weighted by molar-refractivity contribution is -0.137. The standard InChI is InChI=1S/C24BF20.C11H12F3OS/c26-5-1(6(27)14(35)21(42)13(5)34)25(2-7(28)15(36)22(43)16(37)8(2)29,3-9(30)17(38)23(44)18(39)10(3)31)4-11(32)19(40)24(45)20(41)12(4)33;1-16(2)7-10(15)8-3-5-9(6-4-8)11(12,13)14/h;3-6H,7H2,1-2H3/q-1;+1. The fourth-order valence-electron chi connectivity index (χ4n) is 6.06. The van der Waals surface area contributed by atoms with Gasteiger partial charge in [-0.3, -0.25) is 4.79 Å². The fraction of sp³-hybridized carbons (Fsp3) is 0.114. The number of rotatable bonds is 7. The van der Waals surface area contributed by atoms with Gasteiger partial charge < -0.3 is 0 Å². The molecular weight excluding hydrogens is 916 g/mol. The summed E-state index contributed by atoms with van der Waals surface area (Å²) >= 11 is 0. The molecule has 5 aromatic carbocycles. The molecule has 5 rings (SSSR count). The third-order valence-electron chi connectivity index (χ3n) is 8.66. The summed E-state index contributed by atoms with van der Waals surface area (Å²) in [4.78, 5) is 11.5. The van der Waals surface area contributed by atoms with E-state index in [0.29, 0.717) is 11.3 Å². The van der Waals surface area contributed by atoms with E-state index in [0.717, 1.165) is 12.1 Å². The molecule has 328 valence electrons. The molecule has 0 unspecified atom stereocenters. The predicted molar refractivity (Wildman–Crippen MR) is 169 cm³/mol. The van der Waals surface area contributed by atoms with Crippen molar-refractivity contribution in [3.8, 4) is 0 Å². The fourth-order valence-corrected chi connectivity index (χ4v) is 6.76. The molecule has 26 heteroatoms. The second-order valence-corrected chi connectivity index (χ2v) is 14.7. The Morgan fingerprint density at radius 1 is 0.393 bits per heavy atom. The van der Waals surface area contributed by atoms with Gasteiger partial charge in [0.15, 0.2) is 75.6 Å². The molecule has 0 aromatic heterocycles. The molecule has 0 saturated heterocycles. The largest absolute Gasteiger partial charge is 0.416 e. The SMILES string of the molecule is C[S+](C)CC(=O)c1ccc(C(F)(F)F)cc1.Fc1c(F)c(F)c([B-](c2c(F)c(F)c(F)c(F)c2F)(c2c(F)c(F)c(F)c(F)c2F)c2c(F)c(F)c(F)c(F)c2F)c(F)c1F. The number of ketones is 1. The van der Waals surface area contributed by atoms with Crippen molar-refractivity contribution in [2.75, 3.05) is 18.3 Å². The summed E-state index contributed by atoms with van der Waals surface area (Å²) in [6.07, 6.45) is -7.73. The van der Waals surface area contributed by atoms with Gasteiger partial charge in [-0.1, -0.05) is 12.1 Å². The number of halogens is 23. The second kappa shape index (κ2) is 17.1. The van der Waals surface area contributed by atoms with Crippen LogP contribution in [0.1, 0.15) is 15.9 Å². The molecule has 0 heterocycles. The molecule has 0 atom stereocenters. The maximum Gasteiger partial charge on any atom is 0.416 e. The monoisotopic (exact) mass is 928 g/mol. The summed E-state index contributed by atoms with van der Waals surface area (Å²) in [6.45, 7) is 0. The van der Waals surface area contributed by atoms with Gasteiger partial charge in [0.05, 0.1) is 18.1 Å². The zero-order valence-corrected chi connectivity index (χ0v) is 29.9. The van der Waals surface area contributed by atoms with Crippen molar-refractivity contribution in [3.63, 3.8) is 0 Å². The average Bonchev–Trinajstić information content (AvgIpc) is 3.20. The number of hydrogen-bond acceptors (Lipinski definition) is 1. The second-order valence-electron chi connectivity index (χ2n) is 12.4. The first-order valence-corrected chi connectivity index (χ1v) is 17.7. The minimum atomic E-state index is -7.22. The molecule has 0 radical (unpaired) electrons. The van der Waals surface area contributed by atoms with Crippen LogP contribution in [0, 0.1) is 116 Å². The number of carbonyl (C=O) groups excluding carboxylic acids is 1. The normalized spacial score (nSPS) is 12.0. The zero-order valence-electron chi connectivity index (χ0n) is 29.1. The summed E-state index contributed by atoms with van der Waals surface area (Å²) in [5.74, 6) is -71.1. The van der Waals surface area contributed by atoms with Crippen LogP contribution in [0.2, 0.25) is 0 Å². The summed E-state index contributed by atoms with van der Waals surface area (Å²) in [7, 11) is -0.0403. The predicted octanol–water partition coefficient (Wildman–Crippen LogP) is 8.61. The highest BCUT2D eigenvalue weighted by Gasteiger charge is 2.52. The number of hydrogen-bond donors (Lipinski definition) is 0. The van der Waals surface area contributed by atoms with E-state index < -0.39 is 156 Å². The van der Waals surface area contributed by atoms with Crippen molar-refractivity contribution < 1.29 is 106 Å². The Balaban J connectivity index is 0.000000430. The maximum absolute atomic E-state index is 15.4. The molecule has 0 fully saturated rings. The number of Topliss-reactive ketones (excluding diaryl/α,β-unsaturated/α-hetero) is 1. The zero-order chi connectivity index (χ0) is 46.7. The van der Waals surface area contributed by atoms with Gasteiger partial charge >= 0.3 is 6.18 Å². The van der Waals surface area contributed by atoms with Gasteiger partial charge in [-0.2, -0.15) is 13.2 Å². The van der Waals surface area contributed by atoms with E-state index >= 15 is 35.1 Å².